The Morgan fingerprint density at radius 1 is 1.41 bits per heavy atom. The van der Waals surface area contributed by atoms with Crippen LogP contribution in [0.3, 0.4) is 0 Å². The SMILES string of the molecule is CCC(=O)NCc1ccc(C(C)C)cc1OC. The number of carbonyl (C=O) groups excluding carboxylic acids is 1. The molecule has 1 aromatic rings. The highest BCUT2D eigenvalue weighted by molar-refractivity contribution is 5.75. The number of amides is 1. The van der Waals surface area contributed by atoms with Gasteiger partial charge < -0.3 is 10.1 Å². The summed E-state index contributed by atoms with van der Waals surface area (Å²) in [6.07, 6.45) is 0.506. The highest BCUT2D eigenvalue weighted by Crippen LogP contribution is 2.24. The van der Waals surface area contributed by atoms with Crippen LogP contribution in [-0.4, -0.2) is 13.0 Å². The van der Waals surface area contributed by atoms with E-state index in [1.807, 2.05) is 19.1 Å². The normalized spacial score (nSPS) is 10.4. The van der Waals surface area contributed by atoms with Crippen LogP contribution in [0.4, 0.5) is 0 Å². The van der Waals surface area contributed by atoms with Crippen LogP contribution in [0.5, 0.6) is 5.75 Å². The van der Waals surface area contributed by atoms with Crippen LogP contribution in [0.25, 0.3) is 0 Å². The lowest BCUT2D eigenvalue weighted by Crippen LogP contribution is -2.21. The summed E-state index contributed by atoms with van der Waals surface area (Å²) >= 11 is 0. The predicted molar refractivity (Wildman–Crippen MR) is 69.2 cm³/mol. The Morgan fingerprint density at radius 2 is 2.12 bits per heavy atom. The Bertz CT molecular complexity index is 386. The maximum Gasteiger partial charge on any atom is 0.219 e. The summed E-state index contributed by atoms with van der Waals surface area (Å²) in [5.41, 5.74) is 2.26. The van der Waals surface area contributed by atoms with E-state index in [4.69, 9.17) is 4.74 Å². The molecule has 0 fully saturated rings. The molecule has 0 aromatic heterocycles. The Kier molecular flexibility index (Phi) is 5.01. The third-order valence-corrected chi connectivity index (χ3v) is 2.77. The molecule has 0 aliphatic heterocycles. The van der Waals surface area contributed by atoms with Gasteiger partial charge in [-0.25, -0.2) is 0 Å². The number of carbonyl (C=O) groups is 1. The monoisotopic (exact) mass is 235 g/mol. The third kappa shape index (κ3) is 3.77. The van der Waals surface area contributed by atoms with Gasteiger partial charge in [-0.05, 0) is 17.5 Å². The quantitative estimate of drug-likeness (QED) is 0.852. The van der Waals surface area contributed by atoms with E-state index in [0.29, 0.717) is 18.9 Å². The second-order valence-corrected chi connectivity index (χ2v) is 4.36. The van der Waals surface area contributed by atoms with Gasteiger partial charge >= 0.3 is 0 Å². The van der Waals surface area contributed by atoms with Crippen molar-refractivity contribution in [3.05, 3.63) is 29.3 Å². The van der Waals surface area contributed by atoms with E-state index in [0.717, 1.165) is 11.3 Å². The summed E-state index contributed by atoms with van der Waals surface area (Å²) in [5, 5.41) is 2.85. The van der Waals surface area contributed by atoms with Gasteiger partial charge in [0.25, 0.3) is 0 Å². The molecule has 94 valence electrons. The molecule has 0 aliphatic rings. The van der Waals surface area contributed by atoms with E-state index in [9.17, 15) is 4.79 Å². The van der Waals surface area contributed by atoms with Gasteiger partial charge in [0.1, 0.15) is 5.75 Å². The summed E-state index contributed by atoms with van der Waals surface area (Å²) in [4.78, 5) is 11.2. The van der Waals surface area contributed by atoms with Crippen molar-refractivity contribution in [2.24, 2.45) is 0 Å². The van der Waals surface area contributed by atoms with Crippen LogP contribution in [0.1, 0.15) is 44.2 Å². The first kappa shape index (κ1) is 13.6. The lowest BCUT2D eigenvalue weighted by molar-refractivity contribution is -0.120. The second-order valence-electron chi connectivity index (χ2n) is 4.36. The molecule has 1 rings (SSSR count). The maximum atomic E-state index is 11.2. The summed E-state index contributed by atoms with van der Waals surface area (Å²) in [6, 6.07) is 6.14. The van der Waals surface area contributed by atoms with Crippen molar-refractivity contribution in [2.45, 2.75) is 39.7 Å². The van der Waals surface area contributed by atoms with Gasteiger partial charge in [0.15, 0.2) is 0 Å². The molecule has 1 N–H and O–H groups in total. The zero-order chi connectivity index (χ0) is 12.8. The molecule has 0 unspecified atom stereocenters. The Balaban J connectivity index is 2.81. The molecule has 0 radical (unpaired) electrons. The molecule has 3 heteroatoms. The summed E-state index contributed by atoms with van der Waals surface area (Å²) in [5.74, 6) is 1.37. The van der Waals surface area contributed by atoms with Crippen LogP contribution in [0.15, 0.2) is 18.2 Å². The lowest BCUT2D eigenvalue weighted by atomic mass is 10.0. The first-order chi connectivity index (χ1) is 8.08. The van der Waals surface area contributed by atoms with E-state index in [-0.39, 0.29) is 5.91 Å². The second kappa shape index (κ2) is 6.28. The number of nitrogens with one attached hydrogen (secondary N) is 1. The van der Waals surface area contributed by atoms with E-state index in [1.54, 1.807) is 7.11 Å². The van der Waals surface area contributed by atoms with Crippen LogP contribution >= 0.6 is 0 Å². The number of ether oxygens (including phenoxy) is 1. The van der Waals surface area contributed by atoms with Crippen molar-refractivity contribution in [3.63, 3.8) is 0 Å². The fourth-order valence-electron chi connectivity index (χ4n) is 1.59. The number of benzene rings is 1. The van der Waals surface area contributed by atoms with E-state index in [2.05, 4.69) is 25.2 Å². The van der Waals surface area contributed by atoms with Crippen molar-refractivity contribution in [1.29, 1.82) is 0 Å². The Labute approximate surface area is 103 Å². The van der Waals surface area contributed by atoms with Crippen molar-refractivity contribution >= 4 is 5.91 Å². The van der Waals surface area contributed by atoms with Gasteiger partial charge in [-0.3, -0.25) is 4.79 Å². The molecular weight excluding hydrogens is 214 g/mol. The van der Waals surface area contributed by atoms with Gasteiger partial charge in [-0.1, -0.05) is 32.9 Å². The minimum atomic E-state index is 0.0555. The van der Waals surface area contributed by atoms with Crippen molar-refractivity contribution in [3.8, 4) is 5.75 Å². The lowest BCUT2D eigenvalue weighted by Gasteiger charge is -2.13. The van der Waals surface area contributed by atoms with Crippen LogP contribution in [0, 0.1) is 0 Å². The van der Waals surface area contributed by atoms with Crippen LogP contribution < -0.4 is 10.1 Å². The van der Waals surface area contributed by atoms with Crippen molar-refractivity contribution < 1.29 is 9.53 Å². The first-order valence-electron chi connectivity index (χ1n) is 6.02. The number of hydrogen-bond acceptors (Lipinski definition) is 2. The van der Waals surface area contributed by atoms with E-state index >= 15 is 0 Å². The van der Waals surface area contributed by atoms with Gasteiger partial charge in [0.05, 0.1) is 7.11 Å². The molecule has 0 bridgehead atoms. The fraction of sp³-hybridized carbons (Fsp3) is 0.500. The Hall–Kier alpha value is -1.51. The third-order valence-electron chi connectivity index (χ3n) is 2.77. The van der Waals surface area contributed by atoms with Gasteiger partial charge in [0, 0.05) is 18.5 Å². The number of methoxy groups -OCH3 is 1. The molecule has 0 aliphatic carbocycles. The first-order valence-corrected chi connectivity index (χ1v) is 6.02. The highest BCUT2D eigenvalue weighted by Gasteiger charge is 2.07. The van der Waals surface area contributed by atoms with Crippen LogP contribution in [-0.2, 0) is 11.3 Å². The predicted octanol–water partition coefficient (Wildman–Crippen LogP) is 2.84. The highest BCUT2D eigenvalue weighted by atomic mass is 16.5. The minimum absolute atomic E-state index is 0.0555. The molecule has 17 heavy (non-hydrogen) atoms. The van der Waals surface area contributed by atoms with Crippen molar-refractivity contribution in [1.82, 2.24) is 5.32 Å². The molecule has 0 atom stereocenters. The largest absolute Gasteiger partial charge is 0.496 e. The fourth-order valence-corrected chi connectivity index (χ4v) is 1.59. The molecular formula is C14H21NO2. The summed E-state index contributed by atoms with van der Waals surface area (Å²) in [7, 11) is 1.66. The molecule has 3 nitrogen and oxygen atoms in total. The Morgan fingerprint density at radius 3 is 2.65 bits per heavy atom. The minimum Gasteiger partial charge on any atom is -0.496 e. The van der Waals surface area contributed by atoms with Gasteiger partial charge in [-0.2, -0.15) is 0 Å². The maximum absolute atomic E-state index is 11.2. The number of hydrogen-bond donors (Lipinski definition) is 1. The van der Waals surface area contributed by atoms with E-state index in [1.165, 1.54) is 5.56 Å². The zero-order valence-corrected chi connectivity index (χ0v) is 11.0. The molecule has 0 saturated heterocycles. The molecule has 0 saturated carbocycles. The molecule has 0 heterocycles. The van der Waals surface area contributed by atoms with Gasteiger partial charge in [0.2, 0.25) is 5.91 Å². The average molecular weight is 235 g/mol. The zero-order valence-electron chi connectivity index (χ0n) is 11.0. The van der Waals surface area contributed by atoms with Gasteiger partial charge in [-0.15, -0.1) is 0 Å². The topological polar surface area (TPSA) is 38.3 Å². The van der Waals surface area contributed by atoms with Crippen molar-refractivity contribution in [2.75, 3.05) is 7.11 Å². The van der Waals surface area contributed by atoms with E-state index < -0.39 is 0 Å². The average Bonchev–Trinajstić information content (AvgIpc) is 2.35. The smallest absolute Gasteiger partial charge is 0.219 e. The molecule has 0 spiro atoms. The standard InChI is InChI=1S/C14H21NO2/c1-5-14(16)15-9-12-7-6-11(10(2)3)8-13(12)17-4/h6-8,10H,5,9H2,1-4H3,(H,15,16). The summed E-state index contributed by atoms with van der Waals surface area (Å²) in [6.45, 7) is 6.66. The molecule has 1 amide bonds. The summed E-state index contributed by atoms with van der Waals surface area (Å²) < 4.78 is 5.35. The molecule has 1 aromatic carbocycles. The van der Waals surface area contributed by atoms with Crippen LogP contribution in [0.2, 0.25) is 0 Å². The number of rotatable bonds is 5.